The van der Waals surface area contributed by atoms with Crippen LogP contribution >= 0.6 is 0 Å². The smallest absolute Gasteiger partial charge is 0.129 e. The zero-order valence-electron chi connectivity index (χ0n) is 23.5. The fourth-order valence-electron chi connectivity index (χ4n) is 5.17. The Morgan fingerprint density at radius 3 is 1.40 bits per heavy atom. The van der Waals surface area contributed by atoms with E-state index in [-0.39, 0.29) is 41.9 Å². The van der Waals surface area contributed by atoms with Crippen molar-refractivity contribution < 1.29 is 48.2 Å². The molecule has 0 aromatic heterocycles. The van der Waals surface area contributed by atoms with Crippen LogP contribution in [0.4, 0.5) is 17.6 Å². The summed E-state index contributed by atoms with van der Waals surface area (Å²) >= 11 is 0. The van der Waals surface area contributed by atoms with E-state index in [9.17, 15) is 43.1 Å². The van der Waals surface area contributed by atoms with E-state index in [1.54, 1.807) is 34.6 Å². The highest BCUT2D eigenvalue weighted by Gasteiger charge is 2.39. The number of aryl methyl sites for hydroxylation is 1. The normalized spacial score (nSPS) is 17.5. The van der Waals surface area contributed by atoms with E-state index in [1.807, 2.05) is 0 Å². The van der Waals surface area contributed by atoms with Gasteiger partial charge < -0.3 is 30.6 Å². The number of aliphatic hydroxyl groups excluding tert-OH is 6. The van der Waals surface area contributed by atoms with Crippen molar-refractivity contribution in [2.75, 3.05) is 6.61 Å². The lowest BCUT2D eigenvalue weighted by atomic mass is 9.77. The third kappa shape index (κ3) is 8.24. The van der Waals surface area contributed by atoms with Crippen LogP contribution in [-0.4, -0.2) is 67.8 Å². The first-order valence-electron chi connectivity index (χ1n) is 13.6. The van der Waals surface area contributed by atoms with Gasteiger partial charge in [0.25, 0.3) is 0 Å². The summed E-state index contributed by atoms with van der Waals surface area (Å²) < 4.78 is 58.5. The average molecular weight is 575 g/mol. The van der Waals surface area contributed by atoms with Crippen molar-refractivity contribution in [2.24, 2.45) is 11.8 Å². The summed E-state index contributed by atoms with van der Waals surface area (Å²) in [5.74, 6) is -5.16. The van der Waals surface area contributed by atoms with E-state index in [0.717, 1.165) is 12.1 Å². The third-order valence-electron chi connectivity index (χ3n) is 7.59. The van der Waals surface area contributed by atoms with Gasteiger partial charge in [0.15, 0.2) is 0 Å². The predicted molar refractivity (Wildman–Crippen MR) is 143 cm³/mol. The molecule has 0 spiro atoms. The minimum Gasteiger partial charge on any atom is -0.394 e. The molecule has 2 aromatic carbocycles. The Bertz CT molecular complexity index is 1070. The van der Waals surface area contributed by atoms with E-state index in [1.165, 1.54) is 12.1 Å². The van der Waals surface area contributed by atoms with Crippen LogP contribution in [0.3, 0.4) is 0 Å². The quantitative estimate of drug-likeness (QED) is 0.191. The molecule has 7 atom stereocenters. The molecule has 0 saturated carbocycles. The molecule has 0 aliphatic rings. The molecule has 10 heteroatoms. The van der Waals surface area contributed by atoms with Crippen LogP contribution in [0.2, 0.25) is 0 Å². The van der Waals surface area contributed by atoms with Crippen molar-refractivity contribution in [1.82, 2.24) is 0 Å². The second-order valence-electron chi connectivity index (χ2n) is 11.4. The van der Waals surface area contributed by atoms with Crippen LogP contribution in [0.25, 0.3) is 0 Å². The van der Waals surface area contributed by atoms with E-state index < -0.39 is 78.1 Å². The van der Waals surface area contributed by atoms with E-state index in [2.05, 4.69) is 0 Å². The van der Waals surface area contributed by atoms with E-state index in [0.29, 0.717) is 5.56 Å². The highest BCUT2D eigenvalue weighted by Crippen LogP contribution is 2.32. The van der Waals surface area contributed by atoms with Crippen LogP contribution in [0, 0.1) is 35.1 Å². The fourth-order valence-corrected chi connectivity index (χ4v) is 5.17. The van der Waals surface area contributed by atoms with Crippen molar-refractivity contribution >= 4 is 0 Å². The van der Waals surface area contributed by atoms with Crippen molar-refractivity contribution in [3.8, 4) is 0 Å². The first kappa shape index (κ1) is 34.1. The maximum absolute atomic E-state index is 14.7. The van der Waals surface area contributed by atoms with Gasteiger partial charge in [-0.1, -0.05) is 34.6 Å². The van der Waals surface area contributed by atoms with E-state index in [4.69, 9.17) is 5.11 Å². The molecule has 3 unspecified atom stereocenters. The number of benzene rings is 2. The fraction of sp³-hybridized carbons (Fsp3) is 0.600. The Kier molecular flexibility index (Phi) is 12.5. The molecule has 0 radical (unpaired) electrons. The van der Waals surface area contributed by atoms with Crippen LogP contribution < -0.4 is 0 Å². The Hall–Kier alpha value is -2.08. The van der Waals surface area contributed by atoms with Crippen molar-refractivity contribution in [3.63, 3.8) is 0 Å². The van der Waals surface area contributed by atoms with Gasteiger partial charge in [-0.15, -0.1) is 0 Å². The van der Waals surface area contributed by atoms with Crippen molar-refractivity contribution in [1.29, 1.82) is 0 Å². The molecule has 0 fully saturated rings. The van der Waals surface area contributed by atoms with Gasteiger partial charge in [0, 0.05) is 11.1 Å². The third-order valence-corrected chi connectivity index (χ3v) is 7.59. The summed E-state index contributed by atoms with van der Waals surface area (Å²) in [7, 11) is 0. The molecule has 40 heavy (non-hydrogen) atoms. The minimum atomic E-state index is -2.06. The summed E-state index contributed by atoms with van der Waals surface area (Å²) in [6.07, 6.45) is -9.33. The number of halogens is 4. The second-order valence-corrected chi connectivity index (χ2v) is 11.4. The molecule has 2 rings (SSSR count). The van der Waals surface area contributed by atoms with Gasteiger partial charge in [-0.25, -0.2) is 17.6 Å². The van der Waals surface area contributed by atoms with Crippen molar-refractivity contribution in [2.45, 2.75) is 96.2 Å². The summed E-state index contributed by atoms with van der Waals surface area (Å²) in [4.78, 5) is 0. The Labute approximate surface area is 232 Å². The van der Waals surface area contributed by atoms with Gasteiger partial charge in [-0.3, -0.25) is 0 Å². The molecule has 0 saturated heterocycles. The van der Waals surface area contributed by atoms with E-state index >= 15 is 0 Å². The maximum Gasteiger partial charge on any atom is 0.129 e. The SMILES string of the molecule is CC(C)c1c(F)cc(CCC(C)C(Cc2cc(F)c(C(C)C)c(F)c2)C(O)[C@@H](O)[C@@H](O)[C@H](O)[C@@H](O)CO)cc1F. The molecule has 6 nitrogen and oxygen atoms in total. The molecule has 0 heterocycles. The van der Waals surface area contributed by atoms with Gasteiger partial charge in [0.1, 0.15) is 47.7 Å². The Balaban J connectivity index is 2.37. The van der Waals surface area contributed by atoms with Gasteiger partial charge in [0.2, 0.25) is 0 Å². The summed E-state index contributed by atoms with van der Waals surface area (Å²) in [5, 5.41) is 60.8. The molecular weight excluding hydrogens is 532 g/mol. The molecule has 0 aliphatic heterocycles. The van der Waals surface area contributed by atoms with Crippen molar-refractivity contribution in [3.05, 3.63) is 69.8 Å². The molecule has 2 aromatic rings. The largest absolute Gasteiger partial charge is 0.394 e. The molecular formula is C30H42F4O6. The van der Waals surface area contributed by atoms with Crippen LogP contribution in [0.5, 0.6) is 0 Å². The molecule has 0 bridgehead atoms. The average Bonchev–Trinajstić information content (AvgIpc) is 2.86. The molecule has 6 N–H and O–H groups in total. The standard InChI is InChI=1S/C30H42F4O6/c1-14(2)25-20(31)9-17(10-21(25)32)7-6-16(5)19(27(37)29(39)30(40)28(38)24(36)13-35)8-18-11-22(33)26(15(3)4)23(34)12-18/h9-12,14-16,19,24,27-30,35-40H,6-8,13H2,1-5H3/t16?,19?,24-,27?,28+,29+,30-/m0/s1. The lowest BCUT2D eigenvalue weighted by Crippen LogP contribution is -2.52. The maximum atomic E-state index is 14.7. The minimum absolute atomic E-state index is 0.0280. The van der Waals surface area contributed by atoms with Gasteiger partial charge >= 0.3 is 0 Å². The lowest BCUT2D eigenvalue weighted by Gasteiger charge is -2.35. The topological polar surface area (TPSA) is 121 Å². The monoisotopic (exact) mass is 574 g/mol. The summed E-state index contributed by atoms with van der Waals surface area (Å²) in [5.41, 5.74) is 0.408. The molecule has 0 amide bonds. The lowest BCUT2D eigenvalue weighted by molar-refractivity contribution is -0.152. The highest BCUT2D eigenvalue weighted by atomic mass is 19.1. The number of rotatable bonds is 14. The van der Waals surface area contributed by atoms with Crippen LogP contribution in [0.15, 0.2) is 24.3 Å². The van der Waals surface area contributed by atoms with Crippen LogP contribution in [0.1, 0.15) is 75.1 Å². The summed E-state index contributed by atoms with van der Waals surface area (Å²) in [6, 6.07) is 4.73. The second kappa shape index (κ2) is 14.7. The summed E-state index contributed by atoms with van der Waals surface area (Å²) in [6.45, 7) is 7.38. The highest BCUT2D eigenvalue weighted by molar-refractivity contribution is 5.30. The Morgan fingerprint density at radius 1 is 0.600 bits per heavy atom. The first-order chi connectivity index (χ1) is 18.6. The van der Waals surface area contributed by atoms with Gasteiger partial charge in [-0.05, 0) is 78.3 Å². The van der Waals surface area contributed by atoms with Gasteiger partial charge in [-0.2, -0.15) is 0 Å². The number of aliphatic hydroxyl groups is 6. The van der Waals surface area contributed by atoms with Crippen LogP contribution in [-0.2, 0) is 12.8 Å². The Morgan fingerprint density at radius 2 is 1.00 bits per heavy atom. The number of hydrogen-bond acceptors (Lipinski definition) is 6. The zero-order valence-corrected chi connectivity index (χ0v) is 23.5. The zero-order chi connectivity index (χ0) is 30.5. The molecule has 0 aliphatic carbocycles. The molecule has 226 valence electrons. The van der Waals surface area contributed by atoms with Gasteiger partial charge in [0.05, 0.1) is 12.7 Å². The number of hydrogen-bond donors (Lipinski definition) is 6. The predicted octanol–water partition coefficient (Wildman–Crippen LogP) is 3.71. The first-order valence-corrected chi connectivity index (χ1v) is 13.6.